The van der Waals surface area contributed by atoms with Crippen LogP contribution in [0.2, 0.25) is 0 Å². The predicted octanol–water partition coefficient (Wildman–Crippen LogP) is 4.90. The van der Waals surface area contributed by atoms with Crippen molar-refractivity contribution in [2.24, 2.45) is 0 Å². The highest BCUT2D eigenvalue weighted by atomic mass is 16.6. The highest BCUT2D eigenvalue weighted by Gasteiger charge is 2.22. The van der Waals surface area contributed by atoms with Crippen LogP contribution in [0.5, 0.6) is 0 Å². The van der Waals surface area contributed by atoms with Crippen LogP contribution >= 0.6 is 0 Å². The number of hydrogen-bond donors (Lipinski definition) is 1. The molecule has 124 valence electrons. The molecule has 0 aliphatic rings. The van der Waals surface area contributed by atoms with Gasteiger partial charge in [-0.15, -0.1) is 0 Å². The van der Waals surface area contributed by atoms with Crippen LogP contribution in [0.25, 0.3) is 10.9 Å². The summed E-state index contributed by atoms with van der Waals surface area (Å²) in [6.07, 6.45) is 0.530. The number of aryl methyl sites for hydroxylation is 1. The molecule has 0 fully saturated rings. The number of hydrogen-bond acceptors (Lipinski definition) is 3. The number of para-hydroxylation sites is 1. The number of H-pyrrole nitrogens is 1. The third kappa shape index (κ3) is 3.03. The molecule has 0 saturated heterocycles. The highest BCUT2D eigenvalue weighted by Crippen LogP contribution is 2.33. The minimum Gasteiger partial charge on any atom is -0.367 e. The molecule has 5 heteroatoms. The zero-order chi connectivity index (χ0) is 17.1. The van der Waals surface area contributed by atoms with E-state index < -0.39 is 0 Å². The minimum absolute atomic E-state index is 0.0753. The number of fused-ring (bicyclic) bond motifs is 1. The summed E-state index contributed by atoms with van der Waals surface area (Å²) >= 11 is 0. The first kappa shape index (κ1) is 16.2. The lowest BCUT2D eigenvalue weighted by molar-refractivity contribution is -0.385. The number of nitrogens with zero attached hydrogens (tertiary/aromatic N) is 1. The molecule has 1 unspecified atom stereocenters. The summed E-state index contributed by atoms with van der Waals surface area (Å²) in [5.41, 5.74) is 3.96. The number of nitrogens with one attached hydrogen (secondary N) is 1. The van der Waals surface area contributed by atoms with Crippen LogP contribution in [0.4, 0.5) is 5.69 Å². The van der Waals surface area contributed by atoms with Gasteiger partial charge in [0.15, 0.2) is 0 Å². The van der Waals surface area contributed by atoms with E-state index in [4.69, 9.17) is 4.74 Å². The Morgan fingerprint density at radius 2 is 2.00 bits per heavy atom. The van der Waals surface area contributed by atoms with Crippen LogP contribution in [0.15, 0.2) is 48.5 Å². The Morgan fingerprint density at radius 3 is 2.71 bits per heavy atom. The molecule has 0 bridgehead atoms. The number of ether oxygens (including phenoxy) is 1. The van der Waals surface area contributed by atoms with Crippen molar-refractivity contribution < 1.29 is 9.66 Å². The van der Waals surface area contributed by atoms with Gasteiger partial charge in [-0.05, 0) is 30.5 Å². The topological polar surface area (TPSA) is 68.2 Å². The third-order valence-corrected chi connectivity index (χ3v) is 4.14. The molecular formula is C19H20N2O3. The van der Waals surface area contributed by atoms with Gasteiger partial charge in [-0.25, -0.2) is 0 Å². The molecule has 0 spiro atoms. The Bertz CT molecular complexity index is 870. The fourth-order valence-electron chi connectivity index (χ4n) is 2.95. The van der Waals surface area contributed by atoms with Gasteiger partial charge in [0.1, 0.15) is 6.10 Å². The molecule has 0 aliphatic carbocycles. The van der Waals surface area contributed by atoms with Crippen LogP contribution in [-0.4, -0.2) is 16.5 Å². The molecule has 1 heterocycles. The third-order valence-electron chi connectivity index (χ3n) is 4.14. The van der Waals surface area contributed by atoms with Crippen molar-refractivity contribution in [2.75, 3.05) is 6.61 Å². The lowest BCUT2D eigenvalue weighted by Crippen LogP contribution is -2.09. The molecule has 1 N–H and O–H groups in total. The van der Waals surface area contributed by atoms with Crippen LogP contribution in [0.3, 0.4) is 0 Å². The van der Waals surface area contributed by atoms with Crippen molar-refractivity contribution >= 4 is 16.6 Å². The molecule has 3 aromatic rings. The lowest BCUT2D eigenvalue weighted by atomic mass is 10.0. The monoisotopic (exact) mass is 324 g/mol. The molecule has 0 aliphatic heterocycles. The van der Waals surface area contributed by atoms with Gasteiger partial charge in [-0.3, -0.25) is 10.1 Å². The summed E-state index contributed by atoms with van der Waals surface area (Å²) in [4.78, 5) is 14.1. The first-order chi connectivity index (χ1) is 11.6. The Kier molecular flexibility index (Phi) is 4.62. The molecule has 0 saturated carbocycles. The zero-order valence-corrected chi connectivity index (χ0v) is 13.8. The molecule has 1 atom stereocenters. The second kappa shape index (κ2) is 6.84. The van der Waals surface area contributed by atoms with Crippen molar-refractivity contribution in [3.8, 4) is 0 Å². The van der Waals surface area contributed by atoms with Gasteiger partial charge in [-0.2, -0.15) is 0 Å². The number of rotatable bonds is 6. The quantitative estimate of drug-likeness (QED) is 0.518. The number of aromatic nitrogens is 1. The minimum atomic E-state index is -0.377. The summed E-state index contributed by atoms with van der Waals surface area (Å²) in [7, 11) is 0. The SMILES string of the molecule is CCCOC(c1cccc([N+](=O)[O-])c1)c1[nH]c2ccccc2c1C. The average molecular weight is 324 g/mol. The fraction of sp³-hybridized carbons (Fsp3) is 0.263. The first-order valence-electron chi connectivity index (χ1n) is 8.05. The van der Waals surface area contributed by atoms with E-state index in [-0.39, 0.29) is 16.7 Å². The Morgan fingerprint density at radius 1 is 1.21 bits per heavy atom. The molecule has 3 rings (SSSR count). The Balaban J connectivity index is 2.10. The standard InChI is InChI=1S/C19H20N2O3/c1-3-11-24-19(14-7-6-8-15(12-14)21(22)23)18-13(2)16-9-4-5-10-17(16)20-18/h4-10,12,19-20H,3,11H2,1-2H3. The van der Waals surface area contributed by atoms with E-state index in [0.29, 0.717) is 6.61 Å². The number of aromatic amines is 1. The summed E-state index contributed by atoms with van der Waals surface area (Å²) in [6, 6.07) is 14.7. The molecule has 5 nitrogen and oxygen atoms in total. The van der Waals surface area contributed by atoms with Gasteiger partial charge in [0.25, 0.3) is 5.69 Å². The summed E-state index contributed by atoms with van der Waals surface area (Å²) in [5, 5.41) is 12.2. The summed E-state index contributed by atoms with van der Waals surface area (Å²) in [6.45, 7) is 4.68. The summed E-state index contributed by atoms with van der Waals surface area (Å²) in [5.74, 6) is 0. The summed E-state index contributed by atoms with van der Waals surface area (Å²) < 4.78 is 6.05. The molecule has 0 amide bonds. The molecule has 1 aromatic heterocycles. The number of benzene rings is 2. The van der Waals surface area contributed by atoms with Crippen molar-refractivity contribution in [1.29, 1.82) is 0 Å². The van der Waals surface area contributed by atoms with Crippen molar-refractivity contribution in [3.05, 3.63) is 75.5 Å². The van der Waals surface area contributed by atoms with Crippen molar-refractivity contribution in [1.82, 2.24) is 4.98 Å². The second-order valence-electron chi connectivity index (χ2n) is 5.81. The lowest BCUT2D eigenvalue weighted by Gasteiger charge is -2.18. The maximum Gasteiger partial charge on any atom is 0.269 e. The smallest absolute Gasteiger partial charge is 0.269 e. The van der Waals surface area contributed by atoms with Gasteiger partial charge in [0.05, 0.1) is 10.6 Å². The zero-order valence-electron chi connectivity index (χ0n) is 13.8. The van der Waals surface area contributed by atoms with Gasteiger partial charge >= 0.3 is 0 Å². The van der Waals surface area contributed by atoms with Crippen LogP contribution in [0, 0.1) is 17.0 Å². The van der Waals surface area contributed by atoms with Crippen LogP contribution in [-0.2, 0) is 4.74 Å². The second-order valence-corrected chi connectivity index (χ2v) is 5.81. The van der Waals surface area contributed by atoms with Gasteiger partial charge in [0.2, 0.25) is 0 Å². The van der Waals surface area contributed by atoms with Crippen molar-refractivity contribution in [3.63, 3.8) is 0 Å². The number of nitro groups is 1. The van der Waals surface area contributed by atoms with E-state index in [1.165, 1.54) is 6.07 Å². The van der Waals surface area contributed by atoms with Crippen molar-refractivity contribution in [2.45, 2.75) is 26.4 Å². The maximum absolute atomic E-state index is 11.1. The molecule has 24 heavy (non-hydrogen) atoms. The highest BCUT2D eigenvalue weighted by molar-refractivity contribution is 5.84. The number of nitro benzene ring substituents is 1. The first-order valence-corrected chi connectivity index (χ1v) is 8.05. The van der Waals surface area contributed by atoms with E-state index in [0.717, 1.165) is 34.1 Å². The van der Waals surface area contributed by atoms with E-state index in [2.05, 4.69) is 11.1 Å². The van der Waals surface area contributed by atoms with Gasteiger partial charge < -0.3 is 9.72 Å². The molecule has 2 aromatic carbocycles. The van der Waals surface area contributed by atoms with E-state index in [1.54, 1.807) is 12.1 Å². The Labute approximate surface area is 140 Å². The predicted molar refractivity (Wildman–Crippen MR) is 94.2 cm³/mol. The average Bonchev–Trinajstić information content (AvgIpc) is 2.93. The van der Waals surface area contributed by atoms with Gasteiger partial charge in [0, 0.05) is 29.6 Å². The largest absolute Gasteiger partial charge is 0.367 e. The van der Waals surface area contributed by atoms with E-state index in [9.17, 15) is 10.1 Å². The fourth-order valence-corrected chi connectivity index (χ4v) is 2.95. The molecular weight excluding hydrogens is 304 g/mol. The van der Waals surface area contributed by atoms with Crippen LogP contribution < -0.4 is 0 Å². The number of non-ortho nitro benzene ring substituents is 1. The van der Waals surface area contributed by atoms with Gasteiger partial charge in [-0.1, -0.05) is 37.3 Å². The normalized spacial score (nSPS) is 12.4. The van der Waals surface area contributed by atoms with Crippen LogP contribution in [0.1, 0.15) is 36.3 Å². The van der Waals surface area contributed by atoms with E-state index >= 15 is 0 Å². The maximum atomic E-state index is 11.1. The Hall–Kier alpha value is -2.66. The molecule has 0 radical (unpaired) electrons. The van der Waals surface area contributed by atoms with E-state index in [1.807, 2.05) is 38.1 Å².